The molecule has 0 unspecified atom stereocenters. The Morgan fingerprint density at radius 1 is 1.07 bits per heavy atom. The summed E-state index contributed by atoms with van der Waals surface area (Å²) in [5.74, 6) is 1.42. The van der Waals surface area contributed by atoms with E-state index in [2.05, 4.69) is 20.5 Å². The molecule has 1 atom stereocenters. The number of benzene rings is 2. The highest BCUT2D eigenvalue weighted by Crippen LogP contribution is 2.37. The van der Waals surface area contributed by atoms with Crippen molar-refractivity contribution in [3.8, 4) is 17.2 Å². The first-order valence-electron chi connectivity index (χ1n) is 13.9. The summed E-state index contributed by atoms with van der Waals surface area (Å²) in [7, 11) is 3.21. The quantitative estimate of drug-likeness (QED) is 0.227. The van der Waals surface area contributed by atoms with Gasteiger partial charge in [0.05, 0.1) is 18.2 Å². The summed E-state index contributed by atoms with van der Waals surface area (Å²) in [6.45, 7) is 3.22. The first-order chi connectivity index (χ1) is 20.4. The van der Waals surface area contributed by atoms with Gasteiger partial charge in [-0.05, 0) is 42.3 Å². The molecule has 2 aromatic carbocycles. The minimum Gasteiger partial charge on any atom is -0.490 e. The van der Waals surface area contributed by atoms with Crippen LogP contribution in [0.5, 0.6) is 17.2 Å². The second kappa shape index (κ2) is 13.5. The van der Waals surface area contributed by atoms with Crippen LogP contribution in [0.1, 0.15) is 28.8 Å². The zero-order chi connectivity index (χ0) is 29.5. The average molecular weight is 574 g/mol. The molecule has 220 valence electrons. The zero-order valence-corrected chi connectivity index (χ0v) is 23.7. The molecule has 2 aromatic heterocycles. The van der Waals surface area contributed by atoms with Crippen molar-refractivity contribution in [1.29, 1.82) is 0 Å². The van der Waals surface area contributed by atoms with Crippen LogP contribution < -0.4 is 20.1 Å². The van der Waals surface area contributed by atoms with Gasteiger partial charge in [0.25, 0.3) is 5.91 Å². The Hall–Kier alpha value is -4.45. The monoisotopic (exact) mass is 573 g/mol. The van der Waals surface area contributed by atoms with Gasteiger partial charge in [-0.25, -0.2) is 9.78 Å². The number of β-amino-alcohol motifs (C(OH)–C–C–N with tert-alkyl or cyclic N) is 1. The number of methoxy groups -OCH3 is 1. The van der Waals surface area contributed by atoms with E-state index in [0.29, 0.717) is 60.3 Å². The van der Waals surface area contributed by atoms with Crippen LogP contribution in [-0.4, -0.2) is 78.1 Å². The lowest BCUT2D eigenvalue weighted by Gasteiger charge is -2.15. The number of nitrogens with zero attached hydrogens (tertiary/aromatic N) is 3. The lowest BCUT2D eigenvalue weighted by atomic mass is 10.1. The zero-order valence-electron chi connectivity index (χ0n) is 23.7. The number of aromatic nitrogens is 2. The molecule has 11 nitrogen and oxygen atoms in total. The first kappa shape index (κ1) is 29.1. The lowest BCUT2D eigenvalue weighted by molar-refractivity contribution is 0.102. The molecule has 0 saturated carbocycles. The van der Waals surface area contributed by atoms with Gasteiger partial charge < -0.3 is 30.0 Å². The summed E-state index contributed by atoms with van der Waals surface area (Å²) in [6.07, 6.45) is 4.45. The van der Waals surface area contributed by atoms with E-state index in [9.17, 15) is 14.7 Å². The highest BCUT2D eigenvalue weighted by atomic mass is 16.5. The standard InChI is InChI=1S/C31H35N5O6/c1-32-31(39)36-13-9-23-16-28(27(18-26(23)36)41-15-3-14-40-2)42-25-8-11-33-29(17-25)34-30(38)22-6-4-21(5-7-22)19-35-12-10-24(37)20-35/h4-9,11,13,16-18,24,37H,3,10,12,14-15,19-20H2,1-2H3,(H,32,39)(H,33,34,38)/t24-/m1/s1. The molecule has 1 aliphatic heterocycles. The molecule has 1 aliphatic rings. The molecular formula is C31H35N5O6. The number of hydrogen-bond acceptors (Lipinski definition) is 8. The number of aliphatic hydroxyl groups is 1. The lowest BCUT2D eigenvalue weighted by Crippen LogP contribution is -2.23. The van der Waals surface area contributed by atoms with Gasteiger partial charge in [-0.1, -0.05) is 12.1 Å². The van der Waals surface area contributed by atoms with Crippen LogP contribution in [0, 0.1) is 0 Å². The van der Waals surface area contributed by atoms with Gasteiger partial charge >= 0.3 is 6.03 Å². The minimum absolute atomic E-state index is 0.263. The summed E-state index contributed by atoms with van der Waals surface area (Å²) in [4.78, 5) is 31.7. The van der Waals surface area contributed by atoms with E-state index in [1.54, 1.807) is 56.9 Å². The Balaban J connectivity index is 1.29. The molecule has 1 fully saturated rings. The highest BCUT2D eigenvalue weighted by Gasteiger charge is 2.20. The molecule has 5 rings (SSSR count). The molecule has 0 spiro atoms. The largest absolute Gasteiger partial charge is 0.490 e. The van der Waals surface area contributed by atoms with Crippen molar-refractivity contribution in [3.05, 3.63) is 78.1 Å². The van der Waals surface area contributed by atoms with Crippen molar-refractivity contribution in [2.75, 3.05) is 45.8 Å². The second-order valence-corrected chi connectivity index (χ2v) is 10.1. The molecule has 11 heteroatoms. The SMILES string of the molecule is CNC(=O)n1ccc2cc(Oc3ccnc(NC(=O)c4ccc(CN5CC[C@@H](O)C5)cc4)c3)c(OCCCOC)cc21. The molecule has 4 aromatic rings. The molecule has 1 saturated heterocycles. The molecule has 3 heterocycles. The van der Waals surface area contributed by atoms with Gasteiger partial charge in [0.1, 0.15) is 11.6 Å². The molecule has 0 radical (unpaired) electrons. The Labute approximate surface area is 244 Å². The fourth-order valence-electron chi connectivity index (χ4n) is 4.85. The van der Waals surface area contributed by atoms with E-state index in [1.165, 1.54) is 4.57 Å². The number of ether oxygens (including phenoxy) is 3. The van der Waals surface area contributed by atoms with Crippen LogP contribution in [0.2, 0.25) is 0 Å². The average Bonchev–Trinajstić information content (AvgIpc) is 3.60. The highest BCUT2D eigenvalue weighted by molar-refractivity contribution is 6.03. The van der Waals surface area contributed by atoms with E-state index < -0.39 is 0 Å². The number of rotatable bonds is 11. The number of likely N-dealkylation sites (tertiary alicyclic amines) is 1. The van der Waals surface area contributed by atoms with E-state index in [0.717, 1.165) is 30.5 Å². The third kappa shape index (κ3) is 7.06. The minimum atomic E-state index is -0.290. The van der Waals surface area contributed by atoms with Crippen LogP contribution in [0.25, 0.3) is 10.9 Å². The van der Waals surface area contributed by atoms with Crippen molar-refractivity contribution in [2.45, 2.75) is 25.5 Å². The molecule has 42 heavy (non-hydrogen) atoms. The summed E-state index contributed by atoms with van der Waals surface area (Å²) in [5, 5.41) is 16.0. The van der Waals surface area contributed by atoms with Gasteiger partial charge in [-0.2, -0.15) is 0 Å². The maximum absolute atomic E-state index is 12.9. The summed E-state index contributed by atoms with van der Waals surface area (Å²) < 4.78 is 18.8. The predicted octanol–water partition coefficient (Wildman–Crippen LogP) is 4.25. The van der Waals surface area contributed by atoms with Gasteiger partial charge in [-0.3, -0.25) is 14.3 Å². The second-order valence-electron chi connectivity index (χ2n) is 10.1. The molecular weight excluding hydrogens is 538 g/mol. The number of amides is 2. The Morgan fingerprint density at radius 3 is 2.64 bits per heavy atom. The van der Waals surface area contributed by atoms with Crippen LogP contribution in [-0.2, 0) is 11.3 Å². The molecule has 0 bridgehead atoms. The maximum atomic E-state index is 12.9. The number of nitrogens with one attached hydrogen (secondary N) is 2. The maximum Gasteiger partial charge on any atom is 0.325 e. The van der Waals surface area contributed by atoms with Crippen LogP contribution in [0.3, 0.4) is 0 Å². The van der Waals surface area contributed by atoms with E-state index in [-0.39, 0.29) is 18.0 Å². The number of carbonyl (C=O) groups is 2. The van der Waals surface area contributed by atoms with Crippen molar-refractivity contribution in [3.63, 3.8) is 0 Å². The normalized spacial score (nSPS) is 15.1. The van der Waals surface area contributed by atoms with Gasteiger partial charge in [-0.15, -0.1) is 0 Å². The summed E-state index contributed by atoms with van der Waals surface area (Å²) in [6, 6.07) is 15.9. The van der Waals surface area contributed by atoms with Crippen molar-refractivity contribution < 1.29 is 28.9 Å². The summed E-state index contributed by atoms with van der Waals surface area (Å²) in [5.41, 5.74) is 2.26. The van der Waals surface area contributed by atoms with Crippen molar-refractivity contribution >= 4 is 28.7 Å². The number of aliphatic hydroxyl groups excluding tert-OH is 1. The number of pyridine rings is 1. The van der Waals surface area contributed by atoms with E-state index in [4.69, 9.17) is 14.2 Å². The number of anilines is 1. The summed E-state index contributed by atoms with van der Waals surface area (Å²) >= 11 is 0. The fourth-order valence-corrected chi connectivity index (χ4v) is 4.85. The van der Waals surface area contributed by atoms with Crippen LogP contribution in [0.15, 0.2) is 67.0 Å². The first-order valence-corrected chi connectivity index (χ1v) is 13.9. The van der Waals surface area contributed by atoms with Gasteiger partial charge in [0.15, 0.2) is 11.5 Å². The Bertz CT molecular complexity index is 1540. The topological polar surface area (TPSA) is 127 Å². The number of hydrogen-bond donors (Lipinski definition) is 3. The predicted molar refractivity (Wildman–Crippen MR) is 158 cm³/mol. The van der Waals surface area contributed by atoms with Gasteiger partial charge in [0.2, 0.25) is 0 Å². The third-order valence-corrected chi connectivity index (χ3v) is 7.01. The number of carbonyl (C=O) groups excluding carboxylic acids is 2. The van der Waals surface area contributed by atoms with Crippen molar-refractivity contribution in [2.24, 2.45) is 0 Å². The van der Waals surface area contributed by atoms with E-state index >= 15 is 0 Å². The third-order valence-electron chi connectivity index (χ3n) is 7.01. The van der Waals surface area contributed by atoms with Crippen LogP contribution in [0.4, 0.5) is 10.6 Å². The smallest absolute Gasteiger partial charge is 0.325 e. The Morgan fingerprint density at radius 2 is 1.90 bits per heavy atom. The molecule has 3 N–H and O–H groups in total. The Kier molecular flexibility index (Phi) is 9.32. The van der Waals surface area contributed by atoms with Crippen LogP contribution >= 0.6 is 0 Å². The number of fused-ring (bicyclic) bond motifs is 1. The van der Waals surface area contributed by atoms with E-state index in [1.807, 2.05) is 24.3 Å². The molecule has 2 amide bonds. The van der Waals surface area contributed by atoms with Crippen molar-refractivity contribution in [1.82, 2.24) is 19.8 Å². The fraction of sp³-hybridized carbons (Fsp3) is 0.323. The van der Waals surface area contributed by atoms with Gasteiger partial charge in [0, 0.05) is 82.3 Å². The molecule has 0 aliphatic carbocycles.